The molecule has 0 saturated carbocycles. The Labute approximate surface area is 103 Å². The number of rotatable bonds is 4. The second-order valence-electron chi connectivity index (χ2n) is 3.56. The molecule has 0 spiro atoms. The van der Waals surface area contributed by atoms with Gasteiger partial charge in [0.2, 0.25) is 0 Å². The zero-order valence-electron chi connectivity index (χ0n) is 10.0. The Bertz CT molecular complexity index is 427. The Morgan fingerprint density at radius 2 is 1.89 bits per heavy atom. The normalized spacial score (nSPS) is 11.2. The Morgan fingerprint density at radius 3 is 2.39 bits per heavy atom. The van der Waals surface area contributed by atoms with E-state index in [0.29, 0.717) is 12.0 Å². The molecule has 0 aromatic heterocycles. The second-order valence-corrected chi connectivity index (χ2v) is 3.56. The van der Waals surface area contributed by atoms with Gasteiger partial charge in [-0.25, -0.2) is 0 Å². The molecule has 6 heteroatoms. The molecule has 0 heterocycles. The van der Waals surface area contributed by atoms with Gasteiger partial charge in [0.25, 0.3) is 0 Å². The number of methoxy groups -OCH3 is 1. The summed E-state index contributed by atoms with van der Waals surface area (Å²) < 4.78 is 45.4. The molecule has 18 heavy (non-hydrogen) atoms. The number of carbonyl (C=O) groups excluding carboxylic acids is 1. The fourth-order valence-electron chi connectivity index (χ4n) is 1.53. The first-order chi connectivity index (χ1) is 8.37. The van der Waals surface area contributed by atoms with E-state index in [9.17, 15) is 18.0 Å². The predicted octanol–water partition coefficient (Wildman–Crippen LogP) is 2.86. The minimum atomic E-state index is -4.78. The van der Waals surface area contributed by atoms with Gasteiger partial charge in [-0.15, -0.1) is 13.2 Å². The van der Waals surface area contributed by atoms with E-state index in [2.05, 4.69) is 9.47 Å². The Balaban J connectivity index is 3.12. The Morgan fingerprint density at radius 1 is 1.28 bits per heavy atom. The van der Waals surface area contributed by atoms with E-state index in [1.807, 2.05) is 0 Å². The second kappa shape index (κ2) is 5.75. The highest BCUT2D eigenvalue weighted by atomic mass is 19.4. The molecule has 0 fully saturated rings. The molecular formula is C12H13F3O3. The van der Waals surface area contributed by atoms with Crippen LogP contribution in [0.4, 0.5) is 13.2 Å². The van der Waals surface area contributed by atoms with Crippen LogP contribution in [0.1, 0.15) is 18.1 Å². The largest absolute Gasteiger partial charge is 0.573 e. The monoisotopic (exact) mass is 262 g/mol. The maximum atomic E-state index is 12.3. The first kappa shape index (κ1) is 14.3. The van der Waals surface area contributed by atoms with E-state index < -0.39 is 12.3 Å². The third kappa shape index (κ3) is 3.94. The van der Waals surface area contributed by atoms with Gasteiger partial charge >= 0.3 is 12.3 Å². The van der Waals surface area contributed by atoms with Gasteiger partial charge in [-0.1, -0.05) is 25.1 Å². The van der Waals surface area contributed by atoms with Crippen LogP contribution in [0.2, 0.25) is 0 Å². The van der Waals surface area contributed by atoms with Crippen molar-refractivity contribution in [2.45, 2.75) is 26.1 Å². The van der Waals surface area contributed by atoms with Crippen LogP contribution in [0.25, 0.3) is 0 Å². The molecule has 0 saturated heterocycles. The van der Waals surface area contributed by atoms with Crippen LogP contribution in [0.15, 0.2) is 18.2 Å². The van der Waals surface area contributed by atoms with E-state index in [0.717, 1.165) is 0 Å². The summed E-state index contributed by atoms with van der Waals surface area (Å²) >= 11 is 0. The van der Waals surface area contributed by atoms with Crippen LogP contribution in [0.5, 0.6) is 5.75 Å². The molecule has 0 atom stereocenters. The molecule has 0 aliphatic rings. The predicted molar refractivity (Wildman–Crippen MR) is 58.2 cm³/mol. The number of aryl methyl sites for hydroxylation is 1. The van der Waals surface area contributed by atoms with Gasteiger partial charge in [0.1, 0.15) is 5.75 Å². The first-order valence-corrected chi connectivity index (χ1v) is 5.30. The molecular weight excluding hydrogens is 249 g/mol. The summed E-state index contributed by atoms with van der Waals surface area (Å²) in [5, 5.41) is 0. The summed E-state index contributed by atoms with van der Waals surface area (Å²) in [5.74, 6) is -0.923. The van der Waals surface area contributed by atoms with Crippen molar-refractivity contribution in [3.05, 3.63) is 29.3 Å². The van der Waals surface area contributed by atoms with E-state index in [4.69, 9.17) is 0 Å². The van der Waals surface area contributed by atoms with Crippen molar-refractivity contribution >= 4 is 5.97 Å². The lowest BCUT2D eigenvalue weighted by Crippen LogP contribution is -2.20. The molecule has 0 bridgehead atoms. The minimum Gasteiger partial charge on any atom is -0.469 e. The molecule has 100 valence electrons. The minimum absolute atomic E-state index is 0.165. The van der Waals surface area contributed by atoms with Crippen LogP contribution in [0.3, 0.4) is 0 Å². The molecule has 1 aromatic rings. The van der Waals surface area contributed by atoms with Crippen LogP contribution in [0, 0.1) is 0 Å². The lowest BCUT2D eigenvalue weighted by atomic mass is 10.0. The topological polar surface area (TPSA) is 35.5 Å². The van der Waals surface area contributed by atoms with Crippen molar-refractivity contribution in [3.8, 4) is 5.75 Å². The fourth-order valence-corrected chi connectivity index (χ4v) is 1.53. The van der Waals surface area contributed by atoms with Crippen LogP contribution >= 0.6 is 0 Å². The van der Waals surface area contributed by atoms with E-state index >= 15 is 0 Å². The summed E-state index contributed by atoms with van der Waals surface area (Å²) in [5.41, 5.74) is 0.562. The standard InChI is InChI=1S/C12H13F3O3/c1-3-8-5-4-6-9(7-10(16)17-2)11(8)18-12(13,14)15/h4-6H,3,7H2,1-2H3. The highest BCUT2D eigenvalue weighted by Crippen LogP contribution is 2.31. The van der Waals surface area contributed by atoms with Gasteiger partial charge in [0, 0.05) is 5.56 Å². The third-order valence-corrected chi connectivity index (χ3v) is 2.34. The van der Waals surface area contributed by atoms with E-state index in [1.54, 1.807) is 13.0 Å². The van der Waals surface area contributed by atoms with Crippen molar-refractivity contribution in [1.29, 1.82) is 0 Å². The number of ether oxygens (including phenoxy) is 2. The summed E-state index contributed by atoms with van der Waals surface area (Å²) in [4.78, 5) is 11.1. The van der Waals surface area contributed by atoms with Crippen molar-refractivity contribution in [3.63, 3.8) is 0 Å². The summed E-state index contributed by atoms with van der Waals surface area (Å²) in [6.45, 7) is 1.71. The molecule has 0 radical (unpaired) electrons. The number of alkyl halides is 3. The van der Waals surface area contributed by atoms with Gasteiger partial charge in [-0.3, -0.25) is 4.79 Å². The fraction of sp³-hybridized carbons (Fsp3) is 0.417. The molecule has 0 aliphatic carbocycles. The molecule has 0 unspecified atom stereocenters. The van der Waals surface area contributed by atoms with Crippen molar-refractivity contribution in [2.75, 3.05) is 7.11 Å². The molecule has 3 nitrogen and oxygen atoms in total. The molecule has 1 rings (SSSR count). The van der Waals surface area contributed by atoms with Crippen LogP contribution < -0.4 is 4.74 Å². The summed E-state index contributed by atoms with van der Waals surface area (Å²) in [6, 6.07) is 4.53. The van der Waals surface area contributed by atoms with E-state index in [-0.39, 0.29) is 17.7 Å². The number of carbonyl (C=O) groups is 1. The number of benzene rings is 1. The quantitative estimate of drug-likeness (QED) is 0.783. The zero-order valence-corrected chi connectivity index (χ0v) is 10.0. The number of hydrogen-bond donors (Lipinski definition) is 0. The average Bonchev–Trinajstić information content (AvgIpc) is 2.29. The number of para-hydroxylation sites is 1. The maximum Gasteiger partial charge on any atom is 0.573 e. The maximum absolute atomic E-state index is 12.3. The zero-order chi connectivity index (χ0) is 13.8. The van der Waals surface area contributed by atoms with Crippen LogP contribution in [-0.2, 0) is 22.4 Å². The molecule has 0 N–H and O–H groups in total. The first-order valence-electron chi connectivity index (χ1n) is 5.30. The lowest BCUT2D eigenvalue weighted by Gasteiger charge is -2.16. The SMILES string of the molecule is CCc1cccc(CC(=O)OC)c1OC(F)(F)F. The third-order valence-electron chi connectivity index (χ3n) is 2.34. The van der Waals surface area contributed by atoms with E-state index in [1.165, 1.54) is 19.2 Å². The van der Waals surface area contributed by atoms with Gasteiger partial charge in [-0.05, 0) is 12.0 Å². The number of esters is 1. The highest BCUT2D eigenvalue weighted by Gasteiger charge is 2.33. The lowest BCUT2D eigenvalue weighted by molar-refractivity contribution is -0.275. The number of hydrogen-bond acceptors (Lipinski definition) is 3. The Hall–Kier alpha value is -1.72. The average molecular weight is 262 g/mol. The molecule has 0 amide bonds. The van der Waals surface area contributed by atoms with Crippen molar-refractivity contribution in [2.24, 2.45) is 0 Å². The molecule has 1 aromatic carbocycles. The van der Waals surface area contributed by atoms with Gasteiger partial charge < -0.3 is 9.47 Å². The van der Waals surface area contributed by atoms with Crippen molar-refractivity contribution < 1.29 is 27.4 Å². The van der Waals surface area contributed by atoms with Gasteiger partial charge in [-0.2, -0.15) is 0 Å². The smallest absolute Gasteiger partial charge is 0.469 e. The van der Waals surface area contributed by atoms with Gasteiger partial charge in [0.15, 0.2) is 0 Å². The summed E-state index contributed by atoms with van der Waals surface area (Å²) in [6.07, 6.45) is -4.66. The molecule has 0 aliphatic heterocycles. The highest BCUT2D eigenvalue weighted by molar-refractivity contribution is 5.73. The van der Waals surface area contributed by atoms with Gasteiger partial charge in [0.05, 0.1) is 13.5 Å². The van der Waals surface area contributed by atoms with Crippen molar-refractivity contribution in [1.82, 2.24) is 0 Å². The van der Waals surface area contributed by atoms with Crippen LogP contribution in [-0.4, -0.2) is 19.4 Å². The number of halogens is 3. The summed E-state index contributed by atoms with van der Waals surface area (Å²) in [7, 11) is 1.18. The Kier molecular flexibility index (Phi) is 4.58.